The zero-order chi connectivity index (χ0) is 11.3. The van der Waals surface area contributed by atoms with Gasteiger partial charge in [0.2, 0.25) is 0 Å². The third-order valence-corrected chi connectivity index (χ3v) is 5.40. The molecule has 2 nitrogen and oxygen atoms in total. The molecule has 2 aliphatic rings. The van der Waals surface area contributed by atoms with E-state index in [1.54, 1.807) is 6.07 Å². The number of sulfone groups is 1. The molecule has 16 heavy (non-hydrogen) atoms. The van der Waals surface area contributed by atoms with Crippen LogP contribution in [0.1, 0.15) is 30.7 Å². The largest absolute Gasteiger partial charge is 0.224 e. The van der Waals surface area contributed by atoms with E-state index in [1.165, 1.54) is 25.0 Å². The van der Waals surface area contributed by atoms with Crippen LogP contribution in [-0.4, -0.2) is 14.2 Å². The minimum absolute atomic E-state index is 0.171. The molecule has 0 N–H and O–H groups in total. The zero-order valence-corrected chi connectivity index (χ0v) is 9.63. The van der Waals surface area contributed by atoms with Crippen LogP contribution in [0.15, 0.2) is 23.1 Å². The van der Waals surface area contributed by atoms with E-state index in [9.17, 15) is 12.8 Å². The SMILES string of the molecule is O=S1(=O)CCC(C2CC2)c2ccc(F)cc21. The van der Waals surface area contributed by atoms with Gasteiger partial charge in [-0.15, -0.1) is 0 Å². The molecule has 1 saturated carbocycles. The summed E-state index contributed by atoms with van der Waals surface area (Å²) in [6.45, 7) is 0. The minimum atomic E-state index is -3.24. The van der Waals surface area contributed by atoms with Gasteiger partial charge in [-0.1, -0.05) is 6.07 Å². The Labute approximate surface area is 94.4 Å². The van der Waals surface area contributed by atoms with Gasteiger partial charge in [-0.25, -0.2) is 12.8 Å². The predicted octanol–water partition coefficient (Wildman–Crippen LogP) is 2.50. The monoisotopic (exact) mass is 240 g/mol. The van der Waals surface area contributed by atoms with E-state index in [4.69, 9.17) is 0 Å². The number of hydrogen-bond donors (Lipinski definition) is 0. The lowest BCUT2D eigenvalue weighted by molar-refractivity contribution is 0.529. The molecule has 0 aromatic heterocycles. The van der Waals surface area contributed by atoms with Crippen molar-refractivity contribution in [3.05, 3.63) is 29.6 Å². The molecule has 1 fully saturated rings. The van der Waals surface area contributed by atoms with Gasteiger partial charge in [0.25, 0.3) is 0 Å². The lowest BCUT2D eigenvalue weighted by atomic mass is 9.91. The summed E-state index contributed by atoms with van der Waals surface area (Å²) in [6.07, 6.45) is 3.06. The molecule has 1 atom stereocenters. The Morgan fingerprint density at radius 2 is 1.94 bits per heavy atom. The molecule has 0 saturated heterocycles. The Morgan fingerprint density at radius 1 is 1.19 bits per heavy atom. The fourth-order valence-corrected chi connectivity index (χ4v) is 4.27. The van der Waals surface area contributed by atoms with Crippen molar-refractivity contribution < 1.29 is 12.8 Å². The molecule has 0 radical (unpaired) electrons. The molecular weight excluding hydrogens is 227 g/mol. The van der Waals surface area contributed by atoms with Gasteiger partial charge in [-0.2, -0.15) is 0 Å². The van der Waals surface area contributed by atoms with Crippen molar-refractivity contribution in [2.75, 3.05) is 5.75 Å². The average molecular weight is 240 g/mol. The van der Waals surface area contributed by atoms with Crippen LogP contribution < -0.4 is 0 Å². The van der Waals surface area contributed by atoms with Crippen LogP contribution in [-0.2, 0) is 9.84 Å². The lowest BCUT2D eigenvalue weighted by Crippen LogP contribution is -2.21. The Morgan fingerprint density at radius 3 is 2.62 bits per heavy atom. The van der Waals surface area contributed by atoms with Crippen LogP contribution in [0.3, 0.4) is 0 Å². The summed E-state index contributed by atoms with van der Waals surface area (Å²) in [4.78, 5) is 0.232. The van der Waals surface area contributed by atoms with E-state index in [0.29, 0.717) is 18.3 Å². The summed E-state index contributed by atoms with van der Waals surface area (Å²) in [7, 11) is -3.24. The molecule has 0 spiro atoms. The predicted molar refractivity (Wildman–Crippen MR) is 58.5 cm³/mol. The van der Waals surface area contributed by atoms with Crippen molar-refractivity contribution in [1.29, 1.82) is 0 Å². The Kier molecular flexibility index (Phi) is 2.11. The fourth-order valence-electron chi connectivity index (χ4n) is 2.62. The maximum absolute atomic E-state index is 13.1. The number of fused-ring (bicyclic) bond motifs is 1. The second-order valence-electron chi connectivity index (χ2n) is 4.73. The van der Waals surface area contributed by atoms with Crippen LogP contribution in [0.2, 0.25) is 0 Å². The van der Waals surface area contributed by atoms with Crippen LogP contribution in [0, 0.1) is 11.7 Å². The summed E-state index contributed by atoms with van der Waals surface area (Å²) in [5.74, 6) is 0.669. The summed E-state index contributed by atoms with van der Waals surface area (Å²) in [5.41, 5.74) is 0.843. The second-order valence-corrected chi connectivity index (χ2v) is 6.81. The fraction of sp³-hybridized carbons (Fsp3) is 0.500. The normalized spacial score (nSPS) is 27.4. The first-order valence-electron chi connectivity index (χ1n) is 5.60. The molecule has 1 unspecified atom stereocenters. The van der Waals surface area contributed by atoms with Crippen molar-refractivity contribution >= 4 is 9.84 Å². The van der Waals surface area contributed by atoms with E-state index < -0.39 is 15.7 Å². The molecule has 1 aromatic carbocycles. The Hall–Kier alpha value is -0.900. The van der Waals surface area contributed by atoms with Crippen LogP contribution in [0.5, 0.6) is 0 Å². The van der Waals surface area contributed by atoms with Gasteiger partial charge in [0.05, 0.1) is 10.6 Å². The lowest BCUT2D eigenvalue weighted by Gasteiger charge is -2.25. The van der Waals surface area contributed by atoms with E-state index in [2.05, 4.69) is 0 Å². The van der Waals surface area contributed by atoms with Crippen LogP contribution >= 0.6 is 0 Å². The quantitative estimate of drug-likeness (QED) is 0.755. The highest BCUT2D eigenvalue weighted by molar-refractivity contribution is 7.91. The smallest absolute Gasteiger partial charge is 0.178 e. The molecule has 1 heterocycles. The van der Waals surface area contributed by atoms with Gasteiger partial charge in [-0.3, -0.25) is 0 Å². The van der Waals surface area contributed by atoms with Crippen LogP contribution in [0.25, 0.3) is 0 Å². The molecule has 86 valence electrons. The number of benzene rings is 1. The molecule has 1 aliphatic heterocycles. The maximum Gasteiger partial charge on any atom is 0.178 e. The number of rotatable bonds is 1. The van der Waals surface area contributed by atoms with Gasteiger partial charge < -0.3 is 0 Å². The minimum Gasteiger partial charge on any atom is -0.224 e. The van der Waals surface area contributed by atoms with E-state index in [0.717, 1.165) is 5.56 Å². The third kappa shape index (κ3) is 1.56. The summed E-state index contributed by atoms with van der Waals surface area (Å²) < 4.78 is 36.8. The Bertz CT molecular complexity index is 532. The first-order chi connectivity index (χ1) is 7.58. The molecule has 0 amide bonds. The van der Waals surface area contributed by atoms with Crippen molar-refractivity contribution in [3.63, 3.8) is 0 Å². The topological polar surface area (TPSA) is 34.1 Å². The molecule has 4 heteroatoms. The molecule has 0 bridgehead atoms. The molecule has 1 aromatic rings. The van der Waals surface area contributed by atoms with Gasteiger partial charge >= 0.3 is 0 Å². The number of halogens is 1. The van der Waals surface area contributed by atoms with Gasteiger partial charge in [0.15, 0.2) is 9.84 Å². The molecule has 1 aliphatic carbocycles. The van der Waals surface area contributed by atoms with Crippen molar-refractivity contribution in [3.8, 4) is 0 Å². The molecule has 3 rings (SSSR count). The first-order valence-corrected chi connectivity index (χ1v) is 7.25. The standard InChI is InChI=1S/C12H13FO2S/c13-9-3-4-11-10(8-1-2-8)5-6-16(14,15)12(11)7-9/h3-4,7-8,10H,1-2,5-6H2. The second kappa shape index (κ2) is 3.29. The zero-order valence-electron chi connectivity index (χ0n) is 8.82. The highest BCUT2D eigenvalue weighted by Gasteiger charge is 2.39. The van der Waals surface area contributed by atoms with Crippen molar-refractivity contribution in [2.24, 2.45) is 5.92 Å². The van der Waals surface area contributed by atoms with E-state index in [-0.39, 0.29) is 10.6 Å². The van der Waals surface area contributed by atoms with E-state index >= 15 is 0 Å². The first kappa shape index (κ1) is 10.3. The van der Waals surface area contributed by atoms with Crippen molar-refractivity contribution in [2.45, 2.75) is 30.1 Å². The van der Waals surface area contributed by atoms with Crippen LogP contribution in [0.4, 0.5) is 4.39 Å². The summed E-state index contributed by atoms with van der Waals surface area (Å²) in [6, 6.07) is 4.21. The van der Waals surface area contributed by atoms with Gasteiger partial charge in [-0.05, 0) is 48.8 Å². The Balaban J connectivity index is 2.17. The highest BCUT2D eigenvalue weighted by atomic mass is 32.2. The van der Waals surface area contributed by atoms with Gasteiger partial charge in [0.1, 0.15) is 5.82 Å². The highest BCUT2D eigenvalue weighted by Crippen LogP contribution is 2.48. The average Bonchev–Trinajstić information content (AvgIpc) is 3.03. The maximum atomic E-state index is 13.1. The summed E-state index contributed by atoms with van der Waals surface area (Å²) in [5, 5.41) is 0. The molecular formula is C12H13FO2S. The van der Waals surface area contributed by atoms with Crippen molar-refractivity contribution in [1.82, 2.24) is 0 Å². The summed E-state index contributed by atoms with van der Waals surface area (Å²) >= 11 is 0. The third-order valence-electron chi connectivity index (χ3n) is 3.60. The van der Waals surface area contributed by atoms with E-state index in [1.807, 2.05) is 0 Å². The number of hydrogen-bond acceptors (Lipinski definition) is 2. The van der Waals surface area contributed by atoms with Gasteiger partial charge in [0, 0.05) is 0 Å².